The number of nitrogens with one attached hydrogen (secondary N) is 1. The zero-order valence-electron chi connectivity index (χ0n) is 12.2. The van der Waals surface area contributed by atoms with Gasteiger partial charge in [0.2, 0.25) is 0 Å². The summed E-state index contributed by atoms with van der Waals surface area (Å²) in [6.45, 7) is 3.96. The van der Waals surface area contributed by atoms with Crippen molar-refractivity contribution in [2.75, 3.05) is 13.7 Å². The summed E-state index contributed by atoms with van der Waals surface area (Å²) in [5, 5.41) is 6.70. The number of ether oxygens (including phenoxy) is 1. The highest BCUT2D eigenvalue weighted by molar-refractivity contribution is 7.15. The molecule has 4 heteroatoms. The molecule has 0 radical (unpaired) electrons. The Balaban J connectivity index is 2.06. The molecule has 0 saturated heterocycles. The van der Waals surface area contributed by atoms with Gasteiger partial charge in [0.15, 0.2) is 0 Å². The number of aromatic nitrogens is 1. The molecule has 1 aromatic heterocycles. The predicted molar refractivity (Wildman–Crippen MR) is 89.0 cm³/mol. The molecule has 0 amide bonds. The van der Waals surface area contributed by atoms with Crippen molar-refractivity contribution in [1.29, 1.82) is 0 Å². The van der Waals surface area contributed by atoms with Crippen LogP contribution in [0.15, 0.2) is 42.6 Å². The predicted octanol–water partition coefficient (Wildman–Crippen LogP) is 4.08. The van der Waals surface area contributed by atoms with Gasteiger partial charge in [-0.3, -0.25) is 0 Å². The Kier molecular flexibility index (Phi) is 4.18. The zero-order chi connectivity index (χ0) is 14.7. The third-order valence-corrected chi connectivity index (χ3v) is 4.47. The molecule has 0 aliphatic rings. The summed E-state index contributed by atoms with van der Waals surface area (Å²) in [4.78, 5) is 5.84. The van der Waals surface area contributed by atoms with Crippen molar-refractivity contribution in [3.05, 3.63) is 47.5 Å². The van der Waals surface area contributed by atoms with Crippen molar-refractivity contribution in [1.82, 2.24) is 10.3 Å². The van der Waals surface area contributed by atoms with Crippen LogP contribution in [0.4, 0.5) is 0 Å². The molecule has 0 atom stereocenters. The SMILES string of the molecule is CCNCc1cnc(-c2ccc(OC)c3ccccc23)s1. The van der Waals surface area contributed by atoms with Gasteiger partial charge in [-0.05, 0) is 24.1 Å². The molecule has 1 N–H and O–H groups in total. The summed E-state index contributed by atoms with van der Waals surface area (Å²) in [5.41, 5.74) is 1.17. The van der Waals surface area contributed by atoms with Crippen molar-refractivity contribution in [2.24, 2.45) is 0 Å². The maximum atomic E-state index is 5.45. The second-order valence-electron chi connectivity index (χ2n) is 4.77. The summed E-state index contributed by atoms with van der Waals surface area (Å²) in [6.07, 6.45) is 1.96. The molecule has 0 aliphatic heterocycles. The lowest BCUT2D eigenvalue weighted by molar-refractivity contribution is 0.420. The number of hydrogen-bond acceptors (Lipinski definition) is 4. The summed E-state index contributed by atoms with van der Waals surface area (Å²) in [7, 11) is 1.71. The van der Waals surface area contributed by atoms with E-state index in [4.69, 9.17) is 4.74 Å². The van der Waals surface area contributed by atoms with Crippen LogP contribution in [0.2, 0.25) is 0 Å². The maximum absolute atomic E-state index is 5.45. The average molecular weight is 298 g/mol. The van der Waals surface area contributed by atoms with E-state index in [1.54, 1.807) is 18.4 Å². The van der Waals surface area contributed by atoms with E-state index in [1.165, 1.54) is 15.8 Å². The van der Waals surface area contributed by atoms with Crippen LogP contribution in [0, 0.1) is 0 Å². The van der Waals surface area contributed by atoms with Gasteiger partial charge >= 0.3 is 0 Å². The van der Waals surface area contributed by atoms with Crippen molar-refractivity contribution in [3.63, 3.8) is 0 Å². The van der Waals surface area contributed by atoms with Crippen molar-refractivity contribution >= 4 is 22.1 Å². The summed E-state index contributed by atoms with van der Waals surface area (Å²) >= 11 is 1.74. The van der Waals surface area contributed by atoms with Crippen LogP contribution in [0.25, 0.3) is 21.3 Å². The minimum atomic E-state index is 0.877. The fourth-order valence-electron chi connectivity index (χ4n) is 2.40. The molecule has 0 bridgehead atoms. The van der Waals surface area contributed by atoms with Gasteiger partial charge in [-0.25, -0.2) is 4.98 Å². The van der Waals surface area contributed by atoms with E-state index in [-0.39, 0.29) is 0 Å². The number of fused-ring (bicyclic) bond motifs is 1. The van der Waals surface area contributed by atoms with Crippen LogP contribution in [0.1, 0.15) is 11.8 Å². The number of nitrogens with zero attached hydrogens (tertiary/aromatic N) is 1. The van der Waals surface area contributed by atoms with Crippen LogP contribution < -0.4 is 10.1 Å². The molecule has 21 heavy (non-hydrogen) atoms. The van der Waals surface area contributed by atoms with Crippen molar-refractivity contribution in [3.8, 4) is 16.3 Å². The quantitative estimate of drug-likeness (QED) is 0.770. The van der Waals surface area contributed by atoms with Gasteiger partial charge in [0.25, 0.3) is 0 Å². The van der Waals surface area contributed by atoms with E-state index < -0.39 is 0 Å². The van der Waals surface area contributed by atoms with E-state index >= 15 is 0 Å². The standard InChI is InChI=1S/C17H18N2OS/c1-3-18-10-12-11-19-17(21-12)15-8-9-16(20-2)14-7-5-4-6-13(14)15/h4-9,11,18H,3,10H2,1-2H3. The molecule has 3 rings (SSSR count). The molecule has 0 spiro atoms. The van der Waals surface area contributed by atoms with E-state index in [0.717, 1.165) is 29.2 Å². The van der Waals surface area contributed by atoms with E-state index in [1.807, 2.05) is 18.3 Å². The Labute approximate surface area is 128 Å². The summed E-state index contributed by atoms with van der Waals surface area (Å²) < 4.78 is 5.45. The van der Waals surface area contributed by atoms with Crippen LogP contribution in [0.5, 0.6) is 5.75 Å². The molecule has 1 heterocycles. The van der Waals surface area contributed by atoms with Crippen molar-refractivity contribution < 1.29 is 4.74 Å². The van der Waals surface area contributed by atoms with Gasteiger partial charge in [-0.15, -0.1) is 11.3 Å². The third kappa shape index (κ3) is 2.77. The molecule has 108 valence electrons. The topological polar surface area (TPSA) is 34.2 Å². The normalized spacial score (nSPS) is 11.0. The third-order valence-electron chi connectivity index (χ3n) is 3.44. The van der Waals surface area contributed by atoms with Gasteiger partial charge in [0, 0.05) is 28.6 Å². The Hall–Kier alpha value is -1.91. The highest BCUT2D eigenvalue weighted by Crippen LogP contribution is 2.35. The Bertz CT molecular complexity index is 751. The van der Waals surface area contributed by atoms with E-state index in [0.29, 0.717) is 0 Å². The molecule has 3 nitrogen and oxygen atoms in total. The monoisotopic (exact) mass is 298 g/mol. The van der Waals surface area contributed by atoms with Gasteiger partial charge < -0.3 is 10.1 Å². The highest BCUT2D eigenvalue weighted by atomic mass is 32.1. The van der Waals surface area contributed by atoms with E-state index in [2.05, 4.69) is 41.5 Å². The first-order valence-corrected chi connectivity index (χ1v) is 7.86. The first-order chi connectivity index (χ1) is 10.3. The van der Waals surface area contributed by atoms with Crippen LogP contribution >= 0.6 is 11.3 Å². The minimum Gasteiger partial charge on any atom is -0.496 e. The molecule has 2 aromatic carbocycles. The number of thiazole rings is 1. The largest absolute Gasteiger partial charge is 0.496 e. The molecular weight excluding hydrogens is 280 g/mol. The Morgan fingerprint density at radius 3 is 2.71 bits per heavy atom. The first kappa shape index (κ1) is 14.0. The van der Waals surface area contributed by atoms with Gasteiger partial charge in [-0.2, -0.15) is 0 Å². The Morgan fingerprint density at radius 2 is 1.95 bits per heavy atom. The lowest BCUT2D eigenvalue weighted by atomic mass is 10.0. The molecule has 3 aromatic rings. The van der Waals surface area contributed by atoms with E-state index in [9.17, 15) is 0 Å². The fourth-order valence-corrected chi connectivity index (χ4v) is 3.32. The number of benzene rings is 2. The molecule has 0 saturated carbocycles. The fraction of sp³-hybridized carbons (Fsp3) is 0.235. The zero-order valence-corrected chi connectivity index (χ0v) is 13.0. The van der Waals surface area contributed by atoms with Crippen LogP contribution in [-0.4, -0.2) is 18.6 Å². The summed E-state index contributed by atoms with van der Waals surface area (Å²) in [5.74, 6) is 0.902. The average Bonchev–Trinajstić information content (AvgIpc) is 3.00. The number of hydrogen-bond donors (Lipinski definition) is 1. The molecule has 0 aliphatic carbocycles. The lowest BCUT2D eigenvalue weighted by Crippen LogP contribution is -2.10. The number of methoxy groups -OCH3 is 1. The van der Waals surface area contributed by atoms with Gasteiger partial charge in [0.05, 0.1) is 7.11 Å². The van der Waals surface area contributed by atoms with Crippen molar-refractivity contribution in [2.45, 2.75) is 13.5 Å². The second-order valence-corrected chi connectivity index (χ2v) is 5.89. The van der Waals surface area contributed by atoms with Crippen LogP contribution in [0.3, 0.4) is 0 Å². The molecule has 0 unspecified atom stereocenters. The van der Waals surface area contributed by atoms with Gasteiger partial charge in [0.1, 0.15) is 10.8 Å². The smallest absolute Gasteiger partial charge is 0.126 e. The number of rotatable bonds is 5. The lowest BCUT2D eigenvalue weighted by Gasteiger charge is -2.08. The summed E-state index contributed by atoms with van der Waals surface area (Å²) in [6, 6.07) is 12.4. The minimum absolute atomic E-state index is 0.877. The van der Waals surface area contributed by atoms with Crippen LogP contribution in [-0.2, 0) is 6.54 Å². The maximum Gasteiger partial charge on any atom is 0.126 e. The Morgan fingerprint density at radius 1 is 1.14 bits per heavy atom. The highest BCUT2D eigenvalue weighted by Gasteiger charge is 2.11. The van der Waals surface area contributed by atoms with Gasteiger partial charge in [-0.1, -0.05) is 31.2 Å². The second kappa shape index (κ2) is 6.24. The molecule has 0 fully saturated rings. The molecular formula is C17H18N2OS. The first-order valence-electron chi connectivity index (χ1n) is 7.05.